The van der Waals surface area contributed by atoms with Crippen LogP contribution in [0, 0.1) is 11.7 Å². The molecule has 0 bridgehead atoms. The van der Waals surface area contributed by atoms with Gasteiger partial charge in [0.2, 0.25) is 11.8 Å². The van der Waals surface area contributed by atoms with Crippen LogP contribution in [0.5, 0.6) is 0 Å². The number of nitrogens with one attached hydrogen (secondary N) is 3. The van der Waals surface area contributed by atoms with Crippen LogP contribution in [0.1, 0.15) is 89.0 Å². The summed E-state index contributed by atoms with van der Waals surface area (Å²) in [5.41, 5.74) is 0.563. The van der Waals surface area contributed by atoms with E-state index < -0.39 is 46.0 Å². The van der Waals surface area contributed by atoms with Crippen LogP contribution >= 0.6 is 11.3 Å². The molecule has 1 saturated heterocycles. The Bertz CT molecular complexity index is 1490. The maximum absolute atomic E-state index is 15.5. The van der Waals surface area contributed by atoms with Gasteiger partial charge in [0, 0.05) is 31.6 Å². The number of likely N-dealkylation sites (tertiary alicyclic amines) is 1. The molecule has 4 rings (SSSR count). The van der Waals surface area contributed by atoms with Gasteiger partial charge in [-0.3, -0.25) is 24.2 Å². The van der Waals surface area contributed by atoms with Crippen LogP contribution in [-0.4, -0.2) is 63.4 Å². The molecule has 2 aromatic rings. The van der Waals surface area contributed by atoms with Crippen LogP contribution in [0.4, 0.5) is 18.9 Å². The molecule has 1 aliphatic carbocycles. The van der Waals surface area contributed by atoms with Crippen LogP contribution in [-0.2, 0) is 25.1 Å². The number of aliphatic hydroxyl groups is 1. The highest BCUT2D eigenvalue weighted by Gasteiger charge is 2.44. The van der Waals surface area contributed by atoms with Crippen LogP contribution in [0.2, 0.25) is 0 Å². The first-order valence-electron chi connectivity index (χ1n) is 15.8. The quantitative estimate of drug-likeness (QED) is 0.262. The minimum absolute atomic E-state index is 0.133. The van der Waals surface area contributed by atoms with E-state index in [4.69, 9.17) is 0 Å². The van der Waals surface area contributed by atoms with Crippen molar-refractivity contribution in [3.05, 3.63) is 57.4 Å². The largest absolute Gasteiger partial charge is 0.390 e. The third-order valence-electron chi connectivity index (χ3n) is 9.05. The molecule has 0 radical (unpaired) electrons. The zero-order valence-corrected chi connectivity index (χ0v) is 27.8. The second-order valence-corrected chi connectivity index (χ2v) is 13.6. The molecule has 1 aromatic carbocycles. The van der Waals surface area contributed by atoms with Gasteiger partial charge in [-0.15, -0.1) is 11.3 Å². The summed E-state index contributed by atoms with van der Waals surface area (Å²) in [6.45, 7) is 7.68. The number of alkyl halides is 2. The Morgan fingerprint density at radius 1 is 1.17 bits per heavy atom. The molecule has 4 amide bonds. The number of piperidine rings is 1. The number of carbonyl (C=O) groups is 4. The van der Waals surface area contributed by atoms with Gasteiger partial charge in [0.1, 0.15) is 22.4 Å². The molecule has 0 unspecified atom stereocenters. The first-order chi connectivity index (χ1) is 22.1. The second-order valence-electron chi connectivity index (χ2n) is 12.8. The van der Waals surface area contributed by atoms with Gasteiger partial charge >= 0.3 is 11.8 Å². The third-order valence-corrected chi connectivity index (χ3v) is 9.89. The Morgan fingerprint density at radius 3 is 2.40 bits per heavy atom. The van der Waals surface area contributed by atoms with Crippen LogP contribution in [0.25, 0.3) is 0 Å². The van der Waals surface area contributed by atoms with Gasteiger partial charge in [-0.05, 0) is 74.6 Å². The summed E-state index contributed by atoms with van der Waals surface area (Å²) < 4.78 is 45.4. The number of nitrogens with zero attached hydrogens (tertiary/aromatic N) is 2. The fraction of sp³-hybridized carbons (Fsp3) is 0.545. The molecule has 14 heteroatoms. The Morgan fingerprint density at radius 2 is 1.83 bits per heavy atom. The van der Waals surface area contributed by atoms with E-state index in [1.54, 1.807) is 25.7 Å². The third kappa shape index (κ3) is 8.78. The van der Waals surface area contributed by atoms with Crippen molar-refractivity contribution in [3.8, 4) is 0 Å². The molecular formula is C33H42F3N5O5S. The minimum Gasteiger partial charge on any atom is -0.390 e. The number of halogens is 3. The number of anilines is 1. The standard InChI is InChI=1S/C33H42F3N5O5S/c1-5-26(42)39-27(30(44)41-14-12-32(4,46)13-15-41)20(3)22-10-11-24(23(34)16-22)38-29(43)28(21-8-6-19(2)7-9-21)40-31(45)33(35,36)25-17-37-18-47-25/h10-11,16-20,27,46H,5-9,12-15H2,1-4H3,(H,38,43)(H,39,42)(H,40,45)/t19?,20-,27+/m0/s1. The number of rotatable bonds is 10. The Kier molecular flexibility index (Phi) is 11.5. The lowest BCUT2D eigenvalue weighted by molar-refractivity contribution is -0.146. The number of amides is 4. The van der Waals surface area contributed by atoms with Crippen molar-refractivity contribution < 1.29 is 37.5 Å². The van der Waals surface area contributed by atoms with E-state index in [2.05, 4.69) is 20.9 Å². The van der Waals surface area contributed by atoms with E-state index in [0.29, 0.717) is 80.0 Å². The predicted molar refractivity (Wildman–Crippen MR) is 171 cm³/mol. The minimum atomic E-state index is -3.94. The smallest absolute Gasteiger partial charge is 0.360 e. The predicted octanol–water partition coefficient (Wildman–Crippen LogP) is 4.96. The van der Waals surface area contributed by atoms with E-state index in [1.165, 1.54) is 17.6 Å². The molecule has 4 N–H and O–H groups in total. The number of carbonyl (C=O) groups excluding carboxylic acids is 4. The fourth-order valence-electron chi connectivity index (χ4n) is 5.72. The van der Waals surface area contributed by atoms with Gasteiger partial charge < -0.3 is 26.0 Å². The molecule has 2 atom stereocenters. The van der Waals surface area contributed by atoms with E-state index in [1.807, 2.05) is 6.92 Å². The van der Waals surface area contributed by atoms with Crippen molar-refractivity contribution in [1.29, 1.82) is 0 Å². The summed E-state index contributed by atoms with van der Waals surface area (Å²) >= 11 is 0.608. The average Bonchev–Trinajstić information content (AvgIpc) is 3.59. The highest BCUT2D eigenvalue weighted by atomic mass is 32.1. The topological polar surface area (TPSA) is 141 Å². The van der Waals surface area contributed by atoms with Gasteiger partial charge in [0.05, 0.1) is 16.8 Å². The lowest BCUT2D eigenvalue weighted by Gasteiger charge is -2.38. The second kappa shape index (κ2) is 15.0. The van der Waals surface area contributed by atoms with Crippen molar-refractivity contribution in [1.82, 2.24) is 20.5 Å². The van der Waals surface area contributed by atoms with Gasteiger partial charge in [0.15, 0.2) is 0 Å². The van der Waals surface area contributed by atoms with Gasteiger partial charge in [-0.25, -0.2) is 4.39 Å². The Labute approximate surface area is 276 Å². The summed E-state index contributed by atoms with van der Waals surface area (Å²) in [5, 5.41) is 17.6. The van der Waals surface area contributed by atoms with Gasteiger partial charge in [-0.2, -0.15) is 8.78 Å². The highest BCUT2D eigenvalue weighted by molar-refractivity contribution is 7.09. The molecule has 1 aromatic heterocycles. The molecule has 47 heavy (non-hydrogen) atoms. The summed E-state index contributed by atoms with van der Waals surface area (Å²) in [6.07, 6.45) is 3.98. The molecule has 2 fully saturated rings. The van der Waals surface area contributed by atoms with Crippen LogP contribution in [0.3, 0.4) is 0 Å². The van der Waals surface area contributed by atoms with Crippen LogP contribution in [0.15, 0.2) is 41.2 Å². The maximum Gasteiger partial charge on any atom is 0.360 e. The zero-order chi connectivity index (χ0) is 34.5. The molecule has 1 aliphatic heterocycles. The van der Waals surface area contributed by atoms with Crippen molar-refractivity contribution in [2.45, 2.75) is 96.1 Å². The SMILES string of the molecule is CCC(=O)N[C@@H](C(=O)N1CCC(C)(O)CC1)[C@@H](C)c1ccc(NC(=O)C(NC(=O)C(F)(F)c2cncs2)=C2CCC(C)CC2)c(F)c1. The highest BCUT2D eigenvalue weighted by Crippen LogP contribution is 2.34. The monoisotopic (exact) mass is 677 g/mol. The molecule has 10 nitrogen and oxygen atoms in total. The van der Waals surface area contributed by atoms with E-state index in [9.17, 15) is 33.1 Å². The molecule has 2 aliphatic rings. The summed E-state index contributed by atoms with van der Waals surface area (Å²) in [4.78, 5) is 56.7. The number of thiazole rings is 1. The zero-order valence-electron chi connectivity index (χ0n) is 27.0. The summed E-state index contributed by atoms with van der Waals surface area (Å²) in [7, 11) is 0. The number of allylic oxidation sites excluding steroid dienone is 1. The molecule has 256 valence electrons. The first kappa shape index (κ1) is 36.1. The summed E-state index contributed by atoms with van der Waals surface area (Å²) in [5.74, 6) is -8.45. The molecular weight excluding hydrogens is 635 g/mol. The molecule has 2 heterocycles. The normalized spacial score (nSPS) is 19.4. The first-order valence-corrected chi connectivity index (χ1v) is 16.7. The average molecular weight is 678 g/mol. The van der Waals surface area contributed by atoms with Gasteiger partial charge in [-0.1, -0.05) is 26.8 Å². The fourth-order valence-corrected chi connectivity index (χ4v) is 6.31. The Balaban J connectivity index is 1.55. The van der Waals surface area contributed by atoms with Crippen molar-refractivity contribution >= 4 is 40.7 Å². The van der Waals surface area contributed by atoms with E-state index >= 15 is 4.39 Å². The number of aromatic nitrogens is 1. The van der Waals surface area contributed by atoms with Gasteiger partial charge in [0.25, 0.3) is 5.91 Å². The molecule has 0 spiro atoms. The van der Waals surface area contributed by atoms with Crippen molar-refractivity contribution in [3.63, 3.8) is 0 Å². The molecule has 1 saturated carbocycles. The number of hydrogen-bond acceptors (Lipinski definition) is 7. The van der Waals surface area contributed by atoms with E-state index in [-0.39, 0.29) is 29.6 Å². The Hall–Kier alpha value is -3.78. The van der Waals surface area contributed by atoms with Crippen LogP contribution < -0.4 is 16.0 Å². The number of hydrogen-bond donors (Lipinski definition) is 4. The lowest BCUT2D eigenvalue weighted by Crippen LogP contribution is -2.54. The maximum atomic E-state index is 15.5. The van der Waals surface area contributed by atoms with Crippen molar-refractivity contribution in [2.24, 2.45) is 5.92 Å². The number of benzene rings is 1. The van der Waals surface area contributed by atoms with E-state index in [0.717, 1.165) is 12.3 Å². The summed E-state index contributed by atoms with van der Waals surface area (Å²) in [6, 6.07) is 2.93. The lowest BCUT2D eigenvalue weighted by atomic mass is 9.86. The van der Waals surface area contributed by atoms with Crippen molar-refractivity contribution in [2.75, 3.05) is 18.4 Å².